The van der Waals surface area contributed by atoms with Gasteiger partial charge in [0.1, 0.15) is 0 Å². The predicted molar refractivity (Wildman–Crippen MR) is 81.6 cm³/mol. The van der Waals surface area contributed by atoms with Crippen LogP contribution in [0.15, 0.2) is 36.4 Å². The fourth-order valence-electron chi connectivity index (χ4n) is 2.53. The zero-order chi connectivity index (χ0) is 15.5. The Morgan fingerprint density at radius 3 is 2.77 bits per heavy atom. The minimum absolute atomic E-state index is 0.323. The van der Waals surface area contributed by atoms with Gasteiger partial charge in [0, 0.05) is 11.6 Å². The Balaban J connectivity index is 1.81. The summed E-state index contributed by atoms with van der Waals surface area (Å²) in [5, 5.41) is 14.7. The number of benzene rings is 1. The lowest BCUT2D eigenvalue weighted by Crippen LogP contribution is -2.13. The Hall–Kier alpha value is -2.14. The lowest BCUT2D eigenvalue weighted by atomic mass is 10.1. The molecule has 1 atom stereocenters. The average molecular weight is 300 g/mol. The highest BCUT2D eigenvalue weighted by Gasteiger charge is 2.30. The van der Waals surface area contributed by atoms with E-state index in [1.807, 2.05) is 30.3 Å². The number of aromatic nitrogens is 2. The molecule has 1 aliphatic rings. The highest BCUT2D eigenvalue weighted by Crippen LogP contribution is 2.40. The van der Waals surface area contributed by atoms with Gasteiger partial charge in [0.25, 0.3) is 0 Å². The SMILES string of the molecule is CCOC(=O)c1cc(C2CC2)n(CC(O)c2ccccc2)n1. The molecule has 1 heterocycles. The van der Waals surface area contributed by atoms with E-state index in [2.05, 4.69) is 5.10 Å². The van der Waals surface area contributed by atoms with Crippen LogP contribution in [0.3, 0.4) is 0 Å². The van der Waals surface area contributed by atoms with E-state index in [0.29, 0.717) is 24.8 Å². The van der Waals surface area contributed by atoms with E-state index in [1.165, 1.54) is 0 Å². The Bertz CT molecular complexity index is 647. The summed E-state index contributed by atoms with van der Waals surface area (Å²) < 4.78 is 6.76. The van der Waals surface area contributed by atoms with Gasteiger partial charge in [-0.25, -0.2) is 4.79 Å². The quantitative estimate of drug-likeness (QED) is 0.833. The van der Waals surface area contributed by atoms with Crippen LogP contribution in [0.4, 0.5) is 0 Å². The molecule has 2 aromatic rings. The molecule has 0 radical (unpaired) electrons. The number of aliphatic hydroxyl groups is 1. The molecule has 5 nitrogen and oxygen atoms in total. The number of ether oxygens (including phenoxy) is 1. The number of carbonyl (C=O) groups excluding carboxylic acids is 1. The maximum absolute atomic E-state index is 11.8. The van der Waals surface area contributed by atoms with E-state index in [1.54, 1.807) is 17.7 Å². The molecular formula is C17H20N2O3. The van der Waals surface area contributed by atoms with Crippen molar-refractivity contribution in [2.75, 3.05) is 6.61 Å². The molecule has 1 N–H and O–H groups in total. The van der Waals surface area contributed by atoms with Gasteiger partial charge in [0.05, 0.1) is 19.3 Å². The van der Waals surface area contributed by atoms with Gasteiger partial charge in [-0.3, -0.25) is 4.68 Å². The Morgan fingerprint density at radius 1 is 1.41 bits per heavy atom. The van der Waals surface area contributed by atoms with Gasteiger partial charge in [-0.1, -0.05) is 30.3 Å². The lowest BCUT2D eigenvalue weighted by molar-refractivity contribution is 0.0517. The van der Waals surface area contributed by atoms with Crippen LogP contribution in [-0.4, -0.2) is 27.5 Å². The maximum atomic E-state index is 11.8. The summed E-state index contributed by atoms with van der Waals surface area (Å²) in [6, 6.07) is 11.3. The molecule has 1 saturated carbocycles. The van der Waals surface area contributed by atoms with E-state index >= 15 is 0 Å². The second-order valence-corrected chi connectivity index (χ2v) is 5.56. The first kappa shape index (κ1) is 14.8. The number of nitrogens with zero attached hydrogens (tertiary/aromatic N) is 2. The zero-order valence-electron chi connectivity index (χ0n) is 12.6. The van der Waals surface area contributed by atoms with Gasteiger partial charge in [0.15, 0.2) is 5.69 Å². The second kappa shape index (κ2) is 6.32. The first-order chi connectivity index (χ1) is 10.7. The van der Waals surface area contributed by atoms with Crippen molar-refractivity contribution < 1.29 is 14.6 Å². The normalized spacial score (nSPS) is 15.5. The van der Waals surface area contributed by atoms with Gasteiger partial charge in [-0.05, 0) is 31.4 Å². The summed E-state index contributed by atoms with van der Waals surface area (Å²) in [6.07, 6.45) is 1.57. The number of hydrogen-bond acceptors (Lipinski definition) is 4. The summed E-state index contributed by atoms with van der Waals surface area (Å²) in [5.74, 6) is 0.0380. The van der Waals surface area contributed by atoms with Crippen LogP contribution in [-0.2, 0) is 11.3 Å². The second-order valence-electron chi connectivity index (χ2n) is 5.56. The fraction of sp³-hybridized carbons (Fsp3) is 0.412. The predicted octanol–water partition coefficient (Wildman–Crippen LogP) is 2.67. The zero-order valence-corrected chi connectivity index (χ0v) is 12.6. The van der Waals surface area contributed by atoms with E-state index in [-0.39, 0.29) is 0 Å². The first-order valence-electron chi connectivity index (χ1n) is 7.67. The summed E-state index contributed by atoms with van der Waals surface area (Å²) in [4.78, 5) is 11.8. The van der Waals surface area contributed by atoms with E-state index in [4.69, 9.17) is 4.74 Å². The van der Waals surface area contributed by atoms with Crippen LogP contribution < -0.4 is 0 Å². The molecule has 1 fully saturated rings. The van der Waals surface area contributed by atoms with Crippen LogP contribution >= 0.6 is 0 Å². The Kier molecular flexibility index (Phi) is 4.24. The van der Waals surface area contributed by atoms with Gasteiger partial charge in [-0.15, -0.1) is 0 Å². The molecule has 1 aromatic carbocycles. The molecule has 0 bridgehead atoms. The number of carbonyl (C=O) groups is 1. The van der Waals surface area contributed by atoms with Gasteiger partial charge in [0.2, 0.25) is 0 Å². The summed E-state index contributed by atoms with van der Waals surface area (Å²) >= 11 is 0. The van der Waals surface area contributed by atoms with Crippen LogP contribution in [0.1, 0.15) is 53.5 Å². The van der Waals surface area contributed by atoms with Gasteiger partial charge >= 0.3 is 5.97 Å². The summed E-state index contributed by atoms with van der Waals surface area (Å²) in [6.45, 7) is 2.45. The van der Waals surface area contributed by atoms with Crippen LogP contribution in [0, 0.1) is 0 Å². The first-order valence-corrected chi connectivity index (χ1v) is 7.67. The molecule has 116 valence electrons. The highest BCUT2D eigenvalue weighted by molar-refractivity contribution is 5.87. The van der Waals surface area contributed by atoms with Crippen LogP contribution in [0.2, 0.25) is 0 Å². The van der Waals surface area contributed by atoms with Crippen molar-refractivity contribution in [1.29, 1.82) is 0 Å². The number of hydrogen-bond donors (Lipinski definition) is 1. The van der Waals surface area contributed by atoms with Crippen LogP contribution in [0.5, 0.6) is 0 Å². The highest BCUT2D eigenvalue weighted by atomic mass is 16.5. The molecule has 5 heteroatoms. The number of rotatable bonds is 6. The van der Waals surface area contributed by atoms with Crippen molar-refractivity contribution in [3.05, 3.63) is 53.3 Å². The van der Waals surface area contributed by atoms with E-state index in [0.717, 1.165) is 24.1 Å². The molecule has 0 spiro atoms. The van der Waals surface area contributed by atoms with Crippen molar-refractivity contribution in [1.82, 2.24) is 9.78 Å². The van der Waals surface area contributed by atoms with Crippen molar-refractivity contribution in [2.24, 2.45) is 0 Å². The van der Waals surface area contributed by atoms with Crippen LogP contribution in [0.25, 0.3) is 0 Å². The van der Waals surface area contributed by atoms with Gasteiger partial charge in [-0.2, -0.15) is 5.10 Å². The fourth-order valence-corrected chi connectivity index (χ4v) is 2.53. The van der Waals surface area contributed by atoms with E-state index < -0.39 is 12.1 Å². The topological polar surface area (TPSA) is 64.3 Å². The molecule has 1 unspecified atom stereocenters. The summed E-state index contributed by atoms with van der Waals surface area (Å²) in [7, 11) is 0. The van der Waals surface area contributed by atoms with Crippen molar-refractivity contribution in [2.45, 2.75) is 38.3 Å². The van der Waals surface area contributed by atoms with Crippen molar-refractivity contribution in [3.63, 3.8) is 0 Å². The summed E-state index contributed by atoms with van der Waals surface area (Å²) in [5.41, 5.74) is 2.18. The van der Waals surface area contributed by atoms with Crippen molar-refractivity contribution in [3.8, 4) is 0 Å². The molecule has 1 aromatic heterocycles. The third kappa shape index (κ3) is 3.20. The van der Waals surface area contributed by atoms with E-state index in [9.17, 15) is 9.90 Å². The Labute approximate surface area is 129 Å². The van der Waals surface area contributed by atoms with Gasteiger partial charge < -0.3 is 9.84 Å². The minimum Gasteiger partial charge on any atom is -0.461 e. The third-order valence-electron chi connectivity index (χ3n) is 3.82. The molecule has 1 aliphatic carbocycles. The molecule has 22 heavy (non-hydrogen) atoms. The smallest absolute Gasteiger partial charge is 0.358 e. The molecular weight excluding hydrogens is 280 g/mol. The number of aliphatic hydroxyl groups excluding tert-OH is 1. The largest absolute Gasteiger partial charge is 0.461 e. The third-order valence-corrected chi connectivity index (χ3v) is 3.82. The molecule has 0 amide bonds. The molecule has 0 saturated heterocycles. The number of esters is 1. The Morgan fingerprint density at radius 2 is 2.14 bits per heavy atom. The van der Waals surface area contributed by atoms with Crippen molar-refractivity contribution >= 4 is 5.97 Å². The molecule has 0 aliphatic heterocycles. The molecule has 3 rings (SSSR count). The average Bonchev–Trinajstić information content (AvgIpc) is 3.29. The lowest BCUT2D eigenvalue weighted by Gasteiger charge is -2.13. The minimum atomic E-state index is -0.645. The monoisotopic (exact) mass is 300 g/mol. The standard InChI is InChI=1S/C17H20N2O3/c1-2-22-17(21)14-10-15(12-8-9-12)19(18-14)11-16(20)13-6-4-3-5-7-13/h3-7,10,12,16,20H,2,8-9,11H2,1H3. The maximum Gasteiger partial charge on any atom is 0.358 e.